The molecule has 5 nitrogen and oxygen atoms in total. The van der Waals surface area contributed by atoms with E-state index in [9.17, 15) is 4.79 Å². The zero-order valence-electron chi connectivity index (χ0n) is 15.5. The average molecular weight is 463 g/mol. The Balaban J connectivity index is 1.60. The summed E-state index contributed by atoms with van der Waals surface area (Å²) in [5.41, 5.74) is 9.03. The monoisotopic (exact) mass is 462 g/mol. The SMILES string of the molecule is CC(C)c1ccc2c(N)c(C(=O)Nc3nc(-c4ccc(Cl)cc4Cl)cs3)sc2n1. The molecule has 0 atom stereocenters. The second-order valence-corrected chi connectivity index (χ2v) is 9.41. The largest absolute Gasteiger partial charge is 0.397 e. The molecule has 0 unspecified atom stereocenters. The molecular weight excluding hydrogens is 447 g/mol. The molecule has 0 saturated carbocycles. The van der Waals surface area contributed by atoms with Crippen LogP contribution in [0.4, 0.5) is 10.8 Å². The summed E-state index contributed by atoms with van der Waals surface area (Å²) in [6.07, 6.45) is 0. The van der Waals surface area contributed by atoms with Gasteiger partial charge in [0.15, 0.2) is 5.13 Å². The minimum absolute atomic E-state index is 0.299. The molecule has 1 aromatic carbocycles. The van der Waals surface area contributed by atoms with Gasteiger partial charge in [-0.3, -0.25) is 10.1 Å². The summed E-state index contributed by atoms with van der Waals surface area (Å²) < 4.78 is 0. The molecule has 3 aromatic heterocycles. The fraction of sp³-hybridized carbons (Fsp3) is 0.150. The third-order valence-electron chi connectivity index (χ3n) is 4.34. The van der Waals surface area contributed by atoms with Crippen LogP contribution < -0.4 is 11.1 Å². The maximum Gasteiger partial charge on any atom is 0.269 e. The number of fused-ring (bicyclic) bond motifs is 1. The zero-order valence-corrected chi connectivity index (χ0v) is 18.6. The van der Waals surface area contributed by atoms with Gasteiger partial charge in [-0.25, -0.2) is 9.97 Å². The van der Waals surface area contributed by atoms with E-state index in [2.05, 4.69) is 29.1 Å². The van der Waals surface area contributed by atoms with Gasteiger partial charge in [-0.1, -0.05) is 37.0 Å². The Morgan fingerprint density at radius 2 is 1.97 bits per heavy atom. The molecule has 0 aliphatic carbocycles. The Morgan fingerprint density at radius 3 is 2.69 bits per heavy atom. The van der Waals surface area contributed by atoms with E-state index in [0.717, 1.165) is 21.5 Å². The van der Waals surface area contributed by atoms with Crippen LogP contribution in [0.3, 0.4) is 0 Å². The van der Waals surface area contributed by atoms with Crippen LogP contribution in [0.5, 0.6) is 0 Å². The molecular formula is C20H16Cl2N4OS2. The first-order valence-corrected chi connectivity index (χ1v) is 11.2. The van der Waals surface area contributed by atoms with Crippen molar-refractivity contribution in [2.75, 3.05) is 11.1 Å². The first-order chi connectivity index (χ1) is 13.8. The average Bonchev–Trinajstić information content (AvgIpc) is 3.26. The van der Waals surface area contributed by atoms with Crippen molar-refractivity contribution >= 4 is 72.8 Å². The zero-order chi connectivity index (χ0) is 20.7. The van der Waals surface area contributed by atoms with Gasteiger partial charge < -0.3 is 5.73 Å². The third-order valence-corrected chi connectivity index (χ3v) is 6.76. The molecule has 0 fully saturated rings. The number of nitrogens with one attached hydrogen (secondary N) is 1. The number of halogens is 2. The number of benzene rings is 1. The van der Waals surface area contributed by atoms with E-state index < -0.39 is 0 Å². The lowest BCUT2D eigenvalue weighted by atomic mass is 10.1. The van der Waals surface area contributed by atoms with Crippen LogP contribution in [-0.4, -0.2) is 15.9 Å². The number of carbonyl (C=O) groups excluding carboxylic acids is 1. The van der Waals surface area contributed by atoms with Gasteiger partial charge in [0.05, 0.1) is 16.4 Å². The molecule has 0 saturated heterocycles. The minimum Gasteiger partial charge on any atom is -0.397 e. The summed E-state index contributed by atoms with van der Waals surface area (Å²) in [7, 11) is 0. The number of hydrogen-bond donors (Lipinski definition) is 2. The quantitative estimate of drug-likeness (QED) is 0.354. The number of anilines is 2. The van der Waals surface area contributed by atoms with Crippen LogP contribution in [0.2, 0.25) is 10.0 Å². The Labute approximate surface area is 185 Å². The molecule has 148 valence electrons. The van der Waals surface area contributed by atoms with Crippen molar-refractivity contribution in [3.63, 3.8) is 0 Å². The topological polar surface area (TPSA) is 80.9 Å². The lowest BCUT2D eigenvalue weighted by Crippen LogP contribution is -2.11. The van der Waals surface area contributed by atoms with Gasteiger partial charge in [-0.2, -0.15) is 0 Å². The van der Waals surface area contributed by atoms with E-state index in [1.807, 2.05) is 17.5 Å². The number of aromatic nitrogens is 2. The molecule has 9 heteroatoms. The Kier molecular flexibility index (Phi) is 5.48. The fourth-order valence-corrected chi connectivity index (χ4v) is 5.01. The number of rotatable bonds is 4. The molecule has 29 heavy (non-hydrogen) atoms. The normalized spacial score (nSPS) is 11.3. The summed E-state index contributed by atoms with van der Waals surface area (Å²) in [6, 6.07) is 9.07. The van der Waals surface area contributed by atoms with Crippen molar-refractivity contribution in [2.24, 2.45) is 0 Å². The van der Waals surface area contributed by atoms with Crippen LogP contribution in [0.25, 0.3) is 21.5 Å². The summed E-state index contributed by atoms with van der Waals surface area (Å²) >= 11 is 14.8. The van der Waals surface area contributed by atoms with Gasteiger partial charge in [-0.05, 0) is 36.2 Å². The lowest BCUT2D eigenvalue weighted by Gasteiger charge is -2.03. The number of thiophene rings is 1. The van der Waals surface area contributed by atoms with Gasteiger partial charge in [0, 0.05) is 27.0 Å². The molecule has 1 amide bonds. The lowest BCUT2D eigenvalue weighted by molar-refractivity contribution is 0.103. The van der Waals surface area contributed by atoms with Crippen molar-refractivity contribution in [1.29, 1.82) is 0 Å². The minimum atomic E-state index is -0.306. The van der Waals surface area contributed by atoms with Crippen LogP contribution >= 0.6 is 45.9 Å². The molecule has 4 aromatic rings. The van der Waals surface area contributed by atoms with Crippen LogP contribution in [0.15, 0.2) is 35.7 Å². The number of amides is 1. The number of thiazole rings is 1. The van der Waals surface area contributed by atoms with Gasteiger partial charge >= 0.3 is 0 Å². The van der Waals surface area contributed by atoms with E-state index in [0.29, 0.717) is 37.4 Å². The molecule has 0 aliphatic heterocycles. The van der Waals surface area contributed by atoms with Gasteiger partial charge in [0.1, 0.15) is 9.71 Å². The van der Waals surface area contributed by atoms with Gasteiger partial charge in [0.2, 0.25) is 0 Å². The smallest absolute Gasteiger partial charge is 0.269 e. The predicted octanol–water partition coefficient (Wildman–Crippen LogP) is 6.68. The van der Waals surface area contributed by atoms with Crippen LogP contribution in [0.1, 0.15) is 35.1 Å². The first-order valence-electron chi connectivity index (χ1n) is 8.74. The fourth-order valence-electron chi connectivity index (χ4n) is 2.81. The molecule has 4 rings (SSSR count). The van der Waals surface area contributed by atoms with E-state index in [1.54, 1.807) is 18.2 Å². The van der Waals surface area contributed by atoms with E-state index in [1.165, 1.54) is 22.7 Å². The Hall–Kier alpha value is -2.19. The number of nitrogen functional groups attached to an aromatic ring is 1. The van der Waals surface area contributed by atoms with Gasteiger partial charge in [-0.15, -0.1) is 22.7 Å². The highest BCUT2D eigenvalue weighted by molar-refractivity contribution is 7.21. The number of pyridine rings is 1. The maximum absolute atomic E-state index is 12.8. The van der Waals surface area contributed by atoms with Crippen molar-refractivity contribution in [3.05, 3.63) is 56.3 Å². The van der Waals surface area contributed by atoms with Crippen LogP contribution in [0, 0.1) is 0 Å². The number of nitrogens with zero attached hydrogens (tertiary/aromatic N) is 2. The standard InChI is InChI=1S/C20H16Cl2N4OS2/c1-9(2)14-6-5-12-16(23)17(29-19(12)24-14)18(27)26-20-25-15(8-28-20)11-4-3-10(21)7-13(11)22/h3-9H,23H2,1-2H3,(H,25,26,27). The number of carbonyl (C=O) groups is 1. The van der Waals surface area contributed by atoms with E-state index in [-0.39, 0.29) is 5.91 Å². The summed E-state index contributed by atoms with van der Waals surface area (Å²) in [5, 5.41) is 6.95. The molecule has 0 aliphatic rings. The molecule has 0 spiro atoms. The molecule has 3 N–H and O–H groups in total. The van der Waals surface area contributed by atoms with Crippen LogP contribution in [-0.2, 0) is 0 Å². The second-order valence-electron chi connectivity index (χ2n) is 6.70. The maximum atomic E-state index is 12.8. The van der Waals surface area contributed by atoms with Crippen molar-refractivity contribution < 1.29 is 4.79 Å². The third kappa shape index (κ3) is 3.96. The van der Waals surface area contributed by atoms with E-state index in [4.69, 9.17) is 28.9 Å². The van der Waals surface area contributed by atoms with E-state index >= 15 is 0 Å². The molecule has 0 bridgehead atoms. The van der Waals surface area contributed by atoms with Crippen molar-refractivity contribution in [1.82, 2.24) is 9.97 Å². The molecule has 3 heterocycles. The highest BCUT2D eigenvalue weighted by atomic mass is 35.5. The first kappa shape index (κ1) is 20.1. The van der Waals surface area contributed by atoms with Crippen molar-refractivity contribution in [3.8, 4) is 11.3 Å². The Bertz CT molecular complexity index is 1230. The van der Waals surface area contributed by atoms with Gasteiger partial charge in [0.25, 0.3) is 5.91 Å². The Morgan fingerprint density at radius 1 is 1.17 bits per heavy atom. The highest BCUT2D eigenvalue weighted by Crippen LogP contribution is 2.35. The molecule has 0 radical (unpaired) electrons. The van der Waals surface area contributed by atoms with Crippen molar-refractivity contribution in [2.45, 2.75) is 19.8 Å². The summed E-state index contributed by atoms with van der Waals surface area (Å²) in [4.78, 5) is 23.1. The predicted molar refractivity (Wildman–Crippen MR) is 124 cm³/mol. The number of nitrogens with two attached hydrogens (primary N) is 1. The summed E-state index contributed by atoms with van der Waals surface area (Å²) in [5.74, 6) is -0.00636. The summed E-state index contributed by atoms with van der Waals surface area (Å²) in [6.45, 7) is 4.15. The second kappa shape index (κ2) is 7.91. The highest BCUT2D eigenvalue weighted by Gasteiger charge is 2.19. The number of hydrogen-bond acceptors (Lipinski definition) is 6.